The van der Waals surface area contributed by atoms with Gasteiger partial charge in [-0.25, -0.2) is 0 Å². The van der Waals surface area contributed by atoms with Gasteiger partial charge < -0.3 is 10.1 Å². The lowest BCUT2D eigenvalue weighted by molar-refractivity contribution is 0.225. The van der Waals surface area contributed by atoms with Crippen LogP contribution < -0.4 is 10.1 Å². The van der Waals surface area contributed by atoms with E-state index in [-0.39, 0.29) is 6.23 Å². The number of para-hydroxylation sites is 1. The lowest BCUT2D eigenvalue weighted by atomic mass is 10.0. The van der Waals surface area contributed by atoms with Crippen molar-refractivity contribution in [1.82, 2.24) is 15.2 Å². The van der Waals surface area contributed by atoms with Crippen molar-refractivity contribution in [2.75, 3.05) is 11.1 Å². The Labute approximate surface area is 182 Å². The first-order valence-electron chi connectivity index (χ1n) is 10.7. The third kappa shape index (κ3) is 4.59. The normalized spacial score (nSPS) is 15.0. The van der Waals surface area contributed by atoms with Crippen LogP contribution in [0.3, 0.4) is 0 Å². The Morgan fingerprint density at radius 1 is 1.03 bits per heavy atom. The molecule has 0 amide bonds. The van der Waals surface area contributed by atoms with Crippen LogP contribution >= 0.6 is 11.8 Å². The zero-order chi connectivity index (χ0) is 20.9. The van der Waals surface area contributed by atoms with Gasteiger partial charge in [-0.05, 0) is 24.0 Å². The van der Waals surface area contributed by atoms with Gasteiger partial charge in [0.25, 0.3) is 0 Å². The Hall–Kier alpha value is -2.60. The van der Waals surface area contributed by atoms with E-state index in [0.29, 0.717) is 22.6 Å². The SMILES string of the molecule is CCCCCSc1nnc2c(n1)O[C@H](c1ccc(C(C)C)cc1)Nc1ccccc1-2. The maximum absolute atomic E-state index is 6.36. The Morgan fingerprint density at radius 2 is 1.83 bits per heavy atom. The summed E-state index contributed by atoms with van der Waals surface area (Å²) in [7, 11) is 0. The number of hydrogen-bond acceptors (Lipinski definition) is 6. The van der Waals surface area contributed by atoms with Crippen LogP contribution in [0.25, 0.3) is 11.3 Å². The van der Waals surface area contributed by atoms with Crippen LogP contribution in [0, 0.1) is 0 Å². The van der Waals surface area contributed by atoms with Crippen molar-refractivity contribution in [1.29, 1.82) is 0 Å². The Kier molecular flexibility index (Phi) is 6.53. The highest BCUT2D eigenvalue weighted by atomic mass is 32.2. The molecule has 2 heterocycles. The molecule has 156 valence electrons. The first-order chi connectivity index (χ1) is 14.7. The standard InChI is InChI=1S/C24H28N4OS/c1-4-5-8-15-30-24-26-23-21(27-28-24)19-9-6-7-10-20(19)25-22(29-23)18-13-11-17(12-14-18)16(2)3/h6-7,9-14,16,22,25H,4-5,8,15H2,1-3H3/t22-/m1/s1. The first kappa shape index (κ1) is 20.7. The van der Waals surface area contributed by atoms with E-state index in [4.69, 9.17) is 9.72 Å². The van der Waals surface area contributed by atoms with Crippen LogP contribution in [0.2, 0.25) is 0 Å². The van der Waals surface area contributed by atoms with Gasteiger partial charge in [0.15, 0.2) is 11.9 Å². The van der Waals surface area contributed by atoms with Crippen LogP contribution in [0.1, 0.15) is 63.3 Å². The Morgan fingerprint density at radius 3 is 2.60 bits per heavy atom. The van der Waals surface area contributed by atoms with Gasteiger partial charge in [-0.15, -0.1) is 10.2 Å². The van der Waals surface area contributed by atoms with Gasteiger partial charge in [0.2, 0.25) is 11.0 Å². The van der Waals surface area contributed by atoms with E-state index in [9.17, 15) is 0 Å². The highest BCUT2D eigenvalue weighted by Crippen LogP contribution is 2.39. The topological polar surface area (TPSA) is 59.9 Å². The molecule has 0 saturated heterocycles. The molecule has 1 aliphatic rings. The predicted octanol–water partition coefficient (Wildman–Crippen LogP) is 6.45. The molecule has 0 unspecified atom stereocenters. The van der Waals surface area contributed by atoms with Gasteiger partial charge in [-0.1, -0.05) is 87.8 Å². The first-order valence-corrected chi connectivity index (χ1v) is 11.6. The number of fused-ring (bicyclic) bond motifs is 3. The molecule has 0 radical (unpaired) electrons. The average molecular weight is 421 g/mol. The second-order valence-electron chi connectivity index (χ2n) is 7.81. The van der Waals surface area contributed by atoms with Gasteiger partial charge >= 0.3 is 0 Å². The third-order valence-corrected chi connectivity index (χ3v) is 6.14. The molecule has 0 saturated carbocycles. The molecule has 0 spiro atoms. The molecule has 0 aliphatic carbocycles. The van der Waals surface area contributed by atoms with E-state index in [0.717, 1.165) is 29.0 Å². The Bertz CT molecular complexity index is 991. The maximum atomic E-state index is 6.36. The van der Waals surface area contributed by atoms with Gasteiger partial charge in [-0.2, -0.15) is 4.98 Å². The van der Waals surface area contributed by atoms with Crippen molar-refractivity contribution in [2.45, 2.75) is 57.3 Å². The van der Waals surface area contributed by atoms with Crippen molar-refractivity contribution < 1.29 is 4.74 Å². The van der Waals surface area contributed by atoms with E-state index >= 15 is 0 Å². The second kappa shape index (κ2) is 9.47. The highest BCUT2D eigenvalue weighted by Gasteiger charge is 2.26. The van der Waals surface area contributed by atoms with E-state index < -0.39 is 0 Å². The number of aromatic nitrogens is 3. The highest BCUT2D eigenvalue weighted by molar-refractivity contribution is 7.99. The van der Waals surface area contributed by atoms with Crippen molar-refractivity contribution in [2.24, 2.45) is 0 Å². The van der Waals surface area contributed by atoms with E-state index in [2.05, 4.69) is 60.6 Å². The molecule has 6 heteroatoms. The monoisotopic (exact) mass is 420 g/mol. The molecule has 1 aliphatic heterocycles. The van der Waals surface area contributed by atoms with Crippen LogP contribution in [-0.4, -0.2) is 20.9 Å². The van der Waals surface area contributed by atoms with Crippen LogP contribution in [0.4, 0.5) is 5.69 Å². The van der Waals surface area contributed by atoms with E-state index in [1.54, 1.807) is 11.8 Å². The summed E-state index contributed by atoms with van der Waals surface area (Å²) in [6.07, 6.45) is 3.22. The molecule has 1 atom stereocenters. The van der Waals surface area contributed by atoms with Crippen LogP contribution in [0.15, 0.2) is 53.7 Å². The van der Waals surface area contributed by atoms with Gasteiger partial charge in [0.1, 0.15) is 0 Å². The van der Waals surface area contributed by atoms with Crippen LogP contribution in [-0.2, 0) is 0 Å². The minimum atomic E-state index is -0.344. The number of ether oxygens (including phenoxy) is 1. The number of benzene rings is 2. The summed E-state index contributed by atoms with van der Waals surface area (Å²) in [5.74, 6) is 2.01. The zero-order valence-corrected chi connectivity index (χ0v) is 18.6. The van der Waals surface area contributed by atoms with E-state index in [1.807, 2.05) is 24.3 Å². The fourth-order valence-electron chi connectivity index (χ4n) is 3.43. The quantitative estimate of drug-likeness (QED) is 0.350. The molecule has 30 heavy (non-hydrogen) atoms. The number of anilines is 1. The molecular formula is C24H28N4OS. The zero-order valence-electron chi connectivity index (χ0n) is 17.8. The number of nitrogens with one attached hydrogen (secondary N) is 1. The fraction of sp³-hybridized carbons (Fsp3) is 0.375. The Balaban J connectivity index is 1.66. The minimum Gasteiger partial charge on any atom is -0.448 e. The summed E-state index contributed by atoms with van der Waals surface area (Å²) in [6.45, 7) is 6.60. The summed E-state index contributed by atoms with van der Waals surface area (Å²) >= 11 is 1.64. The molecule has 0 bridgehead atoms. The molecule has 0 fully saturated rings. The number of rotatable bonds is 7. The van der Waals surface area contributed by atoms with Crippen molar-refractivity contribution >= 4 is 17.4 Å². The largest absolute Gasteiger partial charge is 0.448 e. The fourth-order valence-corrected chi connectivity index (χ4v) is 4.21. The van der Waals surface area contributed by atoms with Crippen molar-refractivity contribution in [3.05, 3.63) is 59.7 Å². The molecular weight excluding hydrogens is 392 g/mol. The van der Waals surface area contributed by atoms with Gasteiger partial charge in [-0.3, -0.25) is 0 Å². The van der Waals surface area contributed by atoms with Crippen molar-refractivity contribution in [3.8, 4) is 17.1 Å². The summed E-state index contributed by atoms with van der Waals surface area (Å²) in [4.78, 5) is 4.72. The number of thioether (sulfide) groups is 1. The lowest BCUT2D eigenvalue weighted by Gasteiger charge is -2.20. The molecule has 3 aromatic rings. The number of unbranched alkanes of at least 4 members (excludes halogenated alkanes) is 2. The smallest absolute Gasteiger partial charge is 0.247 e. The lowest BCUT2D eigenvalue weighted by Crippen LogP contribution is -2.17. The summed E-state index contributed by atoms with van der Waals surface area (Å²) in [5, 5.41) is 13.0. The predicted molar refractivity (Wildman–Crippen MR) is 123 cm³/mol. The summed E-state index contributed by atoms with van der Waals surface area (Å²) < 4.78 is 6.36. The average Bonchev–Trinajstić information content (AvgIpc) is 2.93. The van der Waals surface area contributed by atoms with Gasteiger partial charge in [0, 0.05) is 22.6 Å². The number of nitrogens with zero attached hydrogens (tertiary/aromatic N) is 3. The minimum absolute atomic E-state index is 0.344. The molecule has 1 aromatic heterocycles. The number of hydrogen-bond donors (Lipinski definition) is 1. The summed E-state index contributed by atoms with van der Waals surface area (Å²) in [5.41, 5.74) is 4.96. The molecule has 2 aromatic carbocycles. The van der Waals surface area contributed by atoms with E-state index in [1.165, 1.54) is 18.4 Å². The van der Waals surface area contributed by atoms with Crippen molar-refractivity contribution in [3.63, 3.8) is 0 Å². The third-order valence-electron chi connectivity index (χ3n) is 5.22. The summed E-state index contributed by atoms with van der Waals surface area (Å²) in [6, 6.07) is 16.6. The van der Waals surface area contributed by atoms with Crippen LogP contribution in [0.5, 0.6) is 5.88 Å². The second-order valence-corrected chi connectivity index (χ2v) is 8.87. The van der Waals surface area contributed by atoms with Gasteiger partial charge in [0.05, 0.1) is 0 Å². The molecule has 4 rings (SSSR count). The molecule has 1 N–H and O–H groups in total. The molecule has 5 nitrogen and oxygen atoms in total. The maximum Gasteiger partial charge on any atom is 0.247 e.